The maximum atomic E-state index is 9.43. The van der Waals surface area contributed by atoms with Crippen molar-refractivity contribution >= 4 is 6.08 Å². The summed E-state index contributed by atoms with van der Waals surface area (Å²) in [5, 5.41) is 0. The van der Waals surface area contributed by atoms with Gasteiger partial charge >= 0.3 is 0 Å². The Labute approximate surface area is 42.2 Å². The van der Waals surface area contributed by atoms with Crippen molar-refractivity contribution < 1.29 is 4.79 Å². The SMILES string of the molecule is CC(CN)N=C=O. The molecule has 1 unspecified atom stereocenters. The van der Waals surface area contributed by atoms with Crippen LogP contribution in [0.2, 0.25) is 0 Å². The molecule has 0 rings (SSSR count). The molecule has 0 fully saturated rings. The monoisotopic (exact) mass is 100 g/mol. The Morgan fingerprint density at radius 2 is 2.57 bits per heavy atom. The molecule has 0 aromatic carbocycles. The second-order valence-corrected chi connectivity index (χ2v) is 1.31. The summed E-state index contributed by atoms with van der Waals surface area (Å²) >= 11 is 0. The van der Waals surface area contributed by atoms with E-state index in [4.69, 9.17) is 5.73 Å². The highest BCUT2D eigenvalue weighted by Gasteiger charge is 1.88. The molecule has 0 radical (unpaired) electrons. The molecule has 0 heterocycles. The molecular formula is C4H8N2O. The highest BCUT2D eigenvalue weighted by molar-refractivity contribution is 5.33. The minimum atomic E-state index is -0.0718. The van der Waals surface area contributed by atoms with E-state index < -0.39 is 0 Å². The number of aliphatic imine (C=N–C) groups is 1. The zero-order valence-corrected chi connectivity index (χ0v) is 4.22. The van der Waals surface area contributed by atoms with Crippen molar-refractivity contribution in [2.75, 3.05) is 6.54 Å². The third kappa shape index (κ3) is 3.16. The second kappa shape index (κ2) is 3.53. The van der Waals surface area contributed by atoms with Gasteiger partial charge in [0, 0.05) is 6.54 Å². The van der Waals surface area contributed by atoms with E-state index in [0.29, 0.717) is 6.54 Å². The topological polar surface area (TPSA) is 55.4 Å². The Bertz CT molecular complexity index is 85.7. The highest BCUT2D eigenvalue weighted by atomic mass is 16.1. The van der Waals surface area contributed by atoms with Gasteiger partial charge in [-0.2, -0.15) is 0 Å². The van der Waals surface area contributed by atoms with Gasteiger partial charge in [-0.25, -0.2) is 9.79 Å². The Hall–Kier alpha value is -0.660. The summed E-state index contributed by atoms with van der Waals surface area (Å²) in [6, 6.07) is -0.0718. The third-order valence-electron chi connectivity index (χ3n) is 0.614. The summed E-state index contributed by atoms with van der Waals surface area (Å²) in [5.41, 5.74) is 5.09. The lowest BCUT2D eigenvalue weighted by Gasteiger charge is -1.92. The molecule has 2 N–H and O–H groups in total. The Morgan fingerprint density at radius 3 is 2.71 bits per heavy atom. The Balaban J connectivity index is 3.35. The molecule has 7 heavy (non-hydrogen) atoms. The number of hydrogen-bond acceptors (Lipinski definition) is 3. The van der Waals surface area contributed by atoms with Crippen molar-refractivity contribution in [3.8, 4) is 0 Å². The predicted octanol–water partition coefficient (Wildman–Crippen LogP) is -0.331. The average molecular weight is 100 g/mol. The molecule has 0 saturated heterocycles. The lowest BCUT2D eigenvalue weighted by molar-refractivity contribution is 0.558. The average Bonchev–Trinajstić information content (AvgIpc) is 1.68. The van der Waals surface area contributed by atoms with E-state index in [1.807, 2.05) is 0 Å². The van der Waals surface area contributed by atoms with Gasteiger partial charge in [-0.15, -0.1) is 0 Å². The van der Waals surface area contributed by atoms with Crippen LogP contribution in [0.5, 0.6) is 0 Å². The molecule has 0 bridgehead atoms. The summed E-state index contributed by atoms with van der Waals surface area (Å²) in [7, 11) is 0. The van der Waals surface area contributed by atoms with Crippen molar-refractivity contribution in [2.45, 2.75) is 13.0 Å². The van der Waals surface area contributed by atoms with Crippen LogP contribution < -0.4 is 5.73 Å². The quantitative estimate of drug-likeness (QED) is 0.381. The lowest BCUT2D eigenvalue weighted by Crippen LogP contribution is -2.13. The maximum absolute atomic E-state index is 9.43. The largest absolute Gasteiger partial charge is 0.328 e. The van der Waals surface area contributed by atoms with Gasteiger partial charge < -0.3 is 5.73 Å². The first-order chi connectivity index (χ1) is 3.31. The number of carbonyl (C=O) groups excluding carboxylic acids is 1. The Kier molecular flexibility index (Phi) is 3.19. The Morgan fingerprint density at radius 1 is 2.00 bits per heavy atom. The first-order valence-corrected chi connectivity index (χ1v) is 2.08. The van der Waals surface area contributed by atoms with Gasteiger partial charge in [-0.05, 0) is 6.92 Å². The summed E-state index contributed by atoms with van der Waals surface area (Å²) in [6.07, 6.45) is 1.41. The van der Waals surface area contributed by atoms with Gasteiger partial charge in [-0.3, -0.25) is 0 Å². The van der Waals surface area contributed by atoms with Crippen molar-refractivity contribution in [2.24, 2.45) is 10.7 Å². The third-order valence-corrected chi connectivity index (χ3v) is 0.614. The van der Waals surface area contributed by atoms with E-state index >= 15 is 0 Å². The van der Waals surface area contributed by atoms with Crippen LogP contribution in [-0.2, 0) is 4.79 Å². The number of isocyanates is 1. The summed E-state index contributed by atoms with van der Waals surface area (Å²) in [5.74, 6) is 0. The molecule has 0 saturated carbocycles. The molecule has 0 aromatic heterocycles. The van der Waals surface area contributed by atoms with Crippen LogP contribution in [0.3, 0.4) is 0 Å². The van der Waals surface area contributed by atoms with Crippen molar-refractivity contribution in [1.29, 1.82) is 0 Å². The molecule has 3 heteroatoms. The van der Waals surface area contributed by atoms with Gasteiger partial charge in [0.1, 0.15) is 0 Å². The van der Waals surface area contributed by atoms with Gasteiger partial charge in [0.05, 0.1) is 6.04 Å². The van der Waals surface area contributed by atoms with Crippen LogP contribution in [-0.4, -0.2) is 18.7 Å². The molecule has 3 nitrogen and oxygen atoms in total. The van der Waals surface area contributed by atoms with Crippen molar-refractivity contribution in [3.05, 3.63) is 0 Å². The fourth-order valence-electron chi connectivity index (χ4n) is 0.143. The fourth-order valence-corrected chi connectivity index (χ4v) is 0.143. The molecule has 0 aliphatic carbocycles. The van der Waals surface area contributed by atoms with Crippen molar-refractivity contribution in [1.82, 2.24) is 0 Å². The summed E-state index contributed by atoms with van der Waals surface area (Å²) < 4.78 is 0. The summed E-state index contributed by atoms with van der Waals surface area (Å²) in [4.78, 5) is 12.7. The number of rotatable bonds is 2. The predicted molar refractivity (Wildman–Crippen MR) is 26.6 cm³/mol. The van der Waals surface area contributed by atoms with E-state index in [1.54, 1.807) is 6.92 Å². The number of hydrogen-bond donors (Lipinski definition) is 1. The van der Waals surface area contributed by atoms with Gasteiger partial charge in [0.2, 0.25) is 6.08 Å². The molecule has 0 amide bonds. The minimum Gasteiger partial charge on any atom is -0.328 e. The molecule has 0 aliphatic rings. The van der Waals surface area contributed by atoms with Gasteiger partial charge in [-0.1, -0.05) is 0 Å². The molecule has 0 spiro atoms. The number of nitrogens with zero attached hydrogens (tertiary/aromatic N) is 1. The molecule has 0 aliphatic heterocycles. The first-order valence-electron chi connectivity index (χ1n) is 2.08. The minimum absolute atomic E-state index is 0.0718. The smallest absolute Gasteiger partial charge is 0.235 e. The summed E-state index contributed by atoms with van der Waals surface area (Å²) in [6.45, 7) is 2.17. The van der Waals surface area contributed by atoms with Crippen molar-refractivity contribution in [3.63, 3.8) is 0 Å². The van der Waals surface area contributed by atoms with E-state index in [1.165, 1.54) is 6.08 Å². The number of nitrogens with two attached hydrogens (primary N) is 1. The fraction of sp³-hybridized carbons (Fsp3) is 0.750. The normalized spacial score (nSPS) is 12.3. The molecule has 40 valence electrons. The van der Waals surface area contributed by atoms with Crippen LogP contribution in [0.1, 0.15) is 6.92 Å². The van der Waals surface area contributed by atoms with E-state index in [-0.39, 0.29) is 6.04 Å². The van der Waals surface area contributed by atoms with Crippen LogP contribution in [0.25, 0.3) is 0 Å². The van der Waals surface area contributed by atoms with Crippen LogP contribution in [0, 0.1) is 0 Å². The standard InChI is InChI=1S/C4H8N2O/c1-4(2-5)6-3-7/h4H,2,5H2,1H3. The second-order valence-electron chi connectivity index (χ2n) is 1.31. The maximum Gasteiger partial charge on any atom is 0.235 e. The molecule has 1 atom stereocenters. The first kappa shape index (κ1) is 6.34. The van der Waals surface area contributed by atoms with Crippen LogP contribution in [0.15, 0.2) is 4.99 Å². The zero-order chi connectivity index (χ0) is 5.70. The van der Waals surface area contributed by atoms with Gasteiger partial charge in [0.25, 0.3) is 0 Å². The lowest BCUT2D eigenvalue weighted by atomic mass is 10.4. The van der Waals surface area contributed by atoms with E-state index in [2.05, 4.69) is 4.99 Å². The zero-order valence-electron chi connectivity index (χ0n) is 4.22. The van der Waals surface area contributed by atoms with Crippen LogP contribution >= 0.6 is 0 Å². The molecular weight excluding hydrogens is 92.1 g/mol. The van der Waals surface area contributed by atoms with Crippen LogP contribution in [0.4, 0.5) is 0 Å². The van der Waals surface area contributed by atoms with Gasteiger partial charge in [0.15, 0.2) is 0 Å². The van der Waals surface area contributed by atoms with E-state index in [0.717, 1.165) is 0 Å². The molecule has 0 aromatic rings. The van der Waals surface area contributed by atoms with E-state index in [9.17, 15) is 4.79 Å². The highest BCUT2D eigenvalue weighted by Crippen LogP contribution is 1.78.